The number of aromatic nitrogens is 3. The van der Waals surface area contributed by atoms with Crippen LogP contribution in [0, 0.1) is 0 Å². The first-order valence-corrected chi connectivity index (χ1v) is 11.0. The summed E-state index contributed by atoms with van der Waals surface area (Å²) in [7, 11) is 3.09. The lowest BCUT2D eigenvalue weighted by atomic mass is 9.96. The zero-order valence-corrected chi connectivity index (χ0v) is 19.5. The van der Waals surface area contributed by atoms with E-state index in [1.54, 1.807) is 37.4 Å². The summed E-state index contributed by atoms with van der Waals surface area (Å²) in [5.74, 6) is 0.0865. The van der Waals surface area contributed by atoms with E-state index in [1.807, 2.05) is 31.2 Å². The van der Waals surface area contributed by atoms with Gasteiger partial charge in [0.15, 0.2) is 11.4 Å². The SMILES string of the molecule is COc1ccc(C(C)CC(=O)COc2cc(C(F)(F)F)c3c(-c4ccccc4)nn(C)c3n2)cc1. The third kappa shape index (κ3) is 5.29. The number of benzene rings is 2. The number of ketones is 1. The Bertz CT molecular complexity index is 1330. The van der Waals surface area contributed by atoms with Gasteiger partial charge < -0.3 is 9.47 Å². The van der Waals surface area contributed by atoms with Gasteiger partial charge in [0, 0.05) is 25.1 Å². The van der Waals surface area contributed by atoms with Crippen LogP contribution >= 0.6 is 0 Å². The molecule has 1 unspecified atom stereocenters. The second kappa shape index (κ2) is 9.77. The lowest BCUT2D eigenvalue weighted by molar-refractivity contribution is -0.136. The minimum absolute atomic E-state index is 0.0210. The van der Waals surface area contributed by atoms with E-state index < -0.39 is 11.7 Å². The molecule has 2 aromatic heterocycles. The van der Waals surface area contributed by atoms with E-state index in [0.717, 1.165) is 11.6 Å². The lowest BCUT2D eigenvalue weighted by Crippen LogP contribution is -2.15. The Morgan fingerprint density at radius 2 is 1.77 bits per heavy atom. The van der Waals surface area contributed by atoms with Crippen LogP contribution in [0.15, 0.2) is 60.7 Å². The van der Waals surface area contributed by atoms with Gasteiger partial charge in [-0.3, -0.25) is 4.79 Å². The molecule has 6 nitrogen and oxygen atoms in total. The van der Waals surface area contributed by atoms with Crippen LogP contribution in [-0.2, 0) is 18.0 Å². The highest BCUT2D eigenvalue weighted by molar-refractivity contribution is 5.94. The molecule has 9 heteroatoms. The zero-order chi connectivity index (χ0) is 25.2. The van der Waals surface area contributed by atoms with Gasteiger partial charge in [0.25, 0.3) is 0 Å². The number of nitrogens with zero attached hydrogens (tertiary/aromatic N) is 3. The van der Waals surface area contributed by atoms with Crippen molar-refractivity contribution in [1.29, 1.82) is 0 Å². The fourth-order valence-electron chi connectivity index (χ4n) is 3.92. The number of hydrogen-bond donors (Lipinski definition) is 0. The summed E-state index contributed by atoms with van der Waals surface area (Å²) < 4.78 is 53.9. The quantitative estimate of drug-likeness (QED) is 0.317. The molecule has 4 rings (SSSR count). The van der Waals surface area contributed by atoms with Gasteiger partial charge in [0.1, 0.15) is 18.1 Å². The van der Waals surface area contributed by atoms with Crippen molar-refractivity contribution in [3.05, 3.63) is 71.8 Å². The Balaban J connectivity index is 1.57. The third-order valence-corrected chi connectivity index (χ3v) is 5.72. The summed E-state index contributed by atoms with van der Waals surface area (Å²) in [5.41, 5.74) is 0.776. The van der Waals surface area contributed by atoms with Crippen LogP contribution < -0.4 is 9.47 Å². The minimum Gasteiger partial charge on any atom is -0.497 e. The molecule has 0 N–H and O–H groups in total. The highest BCUT2D eigenvalue weighted by atomic mass is 19.4. The lowest BCUT2D eigenvalue weighted by Gasteiger charge is -2.14. The molecule has 0 bridgehead atoms. The smallest absolute Gasteiger partial charge is 0.417 e. The standard InChI is InChI=1S/C26H24F3N3O3/c1-16(17-9-11-20(34-3)12-10-17)13-19(33)15-35-22-14-21(26(27,28)29)23-24(18-7-5-4-6-8-18)31-32(2)25(23)30-22/h4-12,14,16H,13,15H2,1-3H3. The van der Waals surface area contributed by atoms with Crippen molar-refractivity contribution in [2.75, 3.05) is 13.7 Å². The third-order valence-electron chi connectivity index (χ3n) is 5.72. The molecular weight excluding hydrogens is 459 g/mol. The number of hydrogen-bond acceptors (Lipinski definition) is 5. The fourth-order valence-corrected chi connectivity index (χ4v) is 3.92. The molecule has 0 spiro atoms. The number of carbonyl (C=O) groups excluding carboxylic acids is 1. The number of halogens is 3. The largest absolute Gasteiger partial charge is 0.497 e. The van der Waals surface area contributed by atoms with Gasteiger partial charge in [-0.25, -0.2) is 4.68 Å². The van der Waals surface area contributed by atoms with Crippen molar-refractivity contribution in [3.8, 4) is 22.9 Å². The normalized spacial score (nSPS) is 12.5. The molecule has 0 saturated carbocycles. The van der Waals surface area contributed by atoms with E-state index in [0.29, 0.717) is 11.3 Å². The van der Waals surface area contributed by atoms with Crippen LogP contribution in [0.25, 0.3) is 22.3 Å². The molecule has 0 fully saturated rings. The summed E-state index contributed by atoms with van der Waals surface area (Å²) in [6.07, 6.45) is -4.50. The van der Waals surface area contributed by atoms with Gasteiger partial charge in [0.05, 0.1) is 18.1 Å². The van der Waals surface area contributed by atoms with Gasteiger partial charge in [-0.05, 0) is 23.6 Å². The molecule has 0 aliphatic rings. The van der Waals surface area contributed by atoms with E-state index >= 15 is 0 Å². The molecule has 0 aliphatic carbocycles. The number of fused-ring (bicyclic) bond motifs is 1. The number of ether oxygens (including phenoxy) is 2. The van der Waals surface area contributed by atoms with Crippen LogP contribution in [0.1, 0.15) is 30.4 Å². The number of rotatable bonds is 8. The van der Waals surface area contributed by atoms with E-state index in [2.05, 4.69) is 10.1 Å². The first-order valence-electron chi connectivity index (χ1n) is 11.0. The number of aryl methyl sites for hydroxylation is 1. The van der Waals surface area contributed by atoms with E-state index in [9.17, 15) is 18.0 Å². The highest BCUT2D eigenvalue weighted by Gasteiger charge is 2.36. The number of carbonyl (C=O) groups is 1. The maximum atomic E-state index is 14.0. The number of alkyl halides is 3. The summed E-state index contributed by atoms with van der Waals surface area (Å²) in [5, 5.41) is 4.17. The number of Topliss-reactive ketones (excluding diaryl/α,β-unsaturated/α-hetero) is 1. The van der Waals surface area contributed by atoms with Crippen molar-refractivity contribution in [3.63, 3.8) is 0 Å². The van der Waals surface area contributed by atoms with Crippen LogP contribution in [-0.4, -0.2) is 34.3 Å². The van der Waals surface area contributed by atoms with Crippen molar-refractivity contribution in [2.45, 2.75) is 25.4 Å². The average Bonchev–Trinajstić information content (AvgIpc) is 3.18. The van der Waals surface area contributed by atoms with Gasteiger partial charge in [-0.15, -0.1) is 0 Å². The Hall–Kier alpha value is -3.88. The number of methoxy groups -OCH3 is 1. The monoisotopic (exact) mass is 483 g/mol. The van der Waals surface area contributed by atoms with Crippen LogP contribution in [0.5, 0.6) is 11.6 Å². The molecule has 2 heterocycles. The molecule has 182 valence electrons. The summed E-state index contributed by atoms with van der Waals surface area (Å²) in [6.45, 7) is 1.51. The topological polar surface area (TPSA) is 66.2 Å². The first-order chi connectivity index (χ1) is 16.7. The summed E-state index contributed by atoms with van der Waals surface area (Å²) in [6, 6.07) is 16.8. The van der Waals surface area contributed by atoms with E-state index in [1.165, 1.54) is 11.7 Å². The van der Waals surface area contributed by atoms with Crippen molar-refractivity contribution >= 4 is 16.8 Å². The Morgan fingerprint density at radius 1 is 1.09 bits per heavy atom. The first kappa shape index (κ1) is 24.3. The van der Waals surface area contributed by atoms with Crippen molar-refractivity contribution in [1.82, 2.24) is 14.8 Å². The zero-order valence-electron chi connectivity index (χ0n) is 19.5. The molecular formula is C26H24F3N3O3. The van der Waals surface area contributed by atoms with E-state index in [-0.39, 0.29) is 47.3 Å². The predicted octanol–water partition coefficient (Wildman–Crippen LogP) is 5.80. The molecule has 0 saturated heterocycles. The van der Waals surface area contributed by atoms with Gasteiger partial charge >= 0.3 is 6.18 Å². The highest BCUT2D eigenvalue weighted by Crippen LogP contribution is 2.40. The summed E-state index contributed by atoms with van der Waals surface area (Å²) >= 11 is 0. The van der Waals surface area contributed by atoms with Gasteiger partial charge in [-0.2, -0.15) is 23.3 Å². The van der Waals surface area contributed by atoms with Crippen LogP contribution in [0.4, 0.5) is 13.2 Å². The Morgan fingerprint density at radius 3 is 2.40 bits per heavy atom. The van der Waals surface area contributed by atoms with Gasteiger partial charge in [-0.1, -0.05) is 49.4 Å². The second-order valence-electron chi connectivity index (χ2n) is 8.25. The van der Waals surface area contributed by atoms with Crippen LogP contribution in [0.3, 0.4) is 0 Å². The Labute approximate surface area is 200 Å². The maximum absolute atomic E-state index is 14.0. The average molecular weight is 483 g/mol. The molecule has 0 aliphatic heterocycles. The second-order valence-corrected chi connectivity index (χ2v) is 8.25. The fraction of sp³-hybridized carbons (Fsp3) is 0.269. The van der Waals surface area contributed by atoms with Crippen LogP contribution in [0.2, 0.25) is 0 Å². The summed E-state index contributed by atoms with van der Waals surface area (Å²) in [4.78, 5) is 16.7. The molecule has 1 atom stereocenters. The molecule has 4 aromatic rings. The van der Waals surface area contributed by atoms with Crippen molar-refractivity contribution in [2.24, 2.45) is 7.05 Å². The number of pyridine rings is 1. The molecule has 2 aromatic carbocycles. The molecule has 0 amide bonds. The van der Waals surface area contributed by atoms with E-state index in [4.69, 9.17) is 9.47 Å². The molecule has 0 radical (unpaired) electrons. The molecule has 35 heavy (non-hydrogen) atoms. The predicted molar refractivity (Wildman–Crippen MR) is 125 cm³/mol. The minimum atomic E-state index is -4.67. The van der Waals surface area contributed by atoms with Gasteiger partial charge in [0.2, 0.25) is 5.88 Å². The maximum Gasteiger partial charge on any atom is 0.417 e. The Kier molecular flexibility index (Phi) is 6.77. The van der Waals surface area contributed by atoms with Crippen molar-refractivity contribution < 1.29 is 27.4 Å².